The molecule has 1 N–H and O–H groups in total. The van der Waals surface area contributed by atoms with Crippen LogP contribution in [0.5, 0.6) is 0 Å². The summed E-state index contributed by atoms with van der Waals surface area (Å²) in [7, 11) is 0. The highest BCUT2D eigenvalue weighted by Gasteiger charge is 2.18. The number of hydrogen-bond acceptors (Lipinski definition) is 3. The van der Waals surface area contributed by atoms with Crippen molar-refractivity contribution < 1.29 is 14.1 Å². The number of nitrogens with zero attached hydrogens (tertiary/aromatic N) is 1. The summed E-state index contributed by atoms with van der Waals surface area (Å²) >= 11 is 1.90. The molecule has 0 fully saturated rings. The molecule has 108 valence electrons. The monoisotopic (exact) mass is 400 g/mol. The molecule has 0 unspecified atom stereocenters. The zero-order valence-corrected chi connectivity index (χ0v) is 13.0. The van der Waals surface area contributed by atoms with Gasteiger partial charge in [-0.25, -0.2) is 4.39 Å². The van der Waals surface area contributed by atoms with E-state index in [0.717, 1.165) is 0 Å². The molecule has 0 aliphatic heterocycles. The first-order valence-corrected chi connectivity index (χ1v) is 6.98. The number of nitro groups is 1. The van der Waals surface area contributed by atoms with Gasteiger partial charge in [0.15, 0.2) is 0 Å². The standard InChI is InChI=1S/C14H10FIN2O3/c1-8-10(3-2-4-13(8)18(20)21)14(19)17-12-6-5-9(15)7-11(12)16/h2-7H,1H3,(H,17,19). The highest BCUT2D eigenvalue weighted by atomic mass is 127. The molecule has 0 aliphatic carbocycles. The highest BCUT2D eigenvalue weighted by Crippen LogP contribution is 2.24. The predicted molar refractivity (Wildman–Crippen MR) is 84.9 cm³/mol. The second-order valence-electron chi connectivity index (χ2n) is 4.29. The van der Waals surface area contributed by atoms with E-state index in [1.54, 1.807) is 0 Å². The quantitative estimate of drug-likeness (QED) is 0.483. The lowest BCUT2D eigenvalue weighted by atomic mass is 10.1. The van der Waals surface area contributed by atoms with Crippen molar-refractivity contribution in [3.8, 4) is 0 Å². The van der Waals surface area contributed by atoms with Crippen molar-refractivity contribution in [3.63, 3.8) is 0 Å². The van der Waals surface area contributed by atoms with Crippen LogP contribution in [0.4, 0.5) is 15.8 Å². The Kier molecular flexibility index (Phi) is 4.51. The number of benzene rings is 2. The lowest BCUT2D eigenvalue weighted by molar-refractivity contribution is -0.385. The van der Waals surface area contributed by atoms with Crippen LogP contribution in [-0.2, 0) is 0 Å². The molecule has 0 aromatic heterocycles. The molecule has 0 bridgehead atoms. The van der Waals surface area contributed by atoms with Gasteiger partial charge in [0.05, 0.1) is 10.6 Å². The molecule has 2 aromatic carbocycles. The average Bonchev–Trinajstić information content (AvgIpc) is 2.41. The van der Waals surface area contributed by atoms with Crippen molar-refractivity contribution in [2.24, 2.45) is 0 Å². The Bertz CT molecular complexity index is 734. The summed E-state index contributed by atoms with van der Waals surface area (Å²) < 4.78 is 13.6. The molecule has 1 amide bonds. The number of halogens is 2. The first-order chi connectivity index (χ1) is 9.90. The van der Waals surface area contributed by atoms with Crippen LogP contribution in [0.1, 0.15) is 15.9 Å². The van der Waals surface area contributed by atoms with Crippen LogP contribution in [0.15, 0.2) is 36.4 Å². The third-order valence-electron chi connectivity index (χ3n) is 2.93. The van der Waals surface area contributed by atoms with E-state index in [9.17, 15) is 19.3 Å². The minimum Gasteiger partial charge on any atom is -0.321 e. The molecular formula is C14H10FIN2O3. The number of anilines is 1. The van der Waals surface area contributed by atoms with E-state index in [1.807, 2.05) is 22.6 Å². The molecule has 21 heavy (non-hydrogen) atoms. The molecule has 7 heteroatoms. The smallest absolute Gasteiger partial charge is 0.273 e. The van der Waals surface area contributed by atoms with Gasteiger partial charge >= 0.3 is 0 Å². The van der Waals surface area contributed by atoms with Crippen molar-refractivity contribution in [2.75, 3.05) is 5.32 Å². The minimum absolute atomic E-state index is 0.114. The van der Waals surface area contributed by atoms with Crippen molar-refractivity contribution in [1.82, 2.24) is 0 Å². The van der Waals surface area contributed by atoms with E-state index in [-0.39, 0.29) is 16.8 Å². The van der Waals surface area contributed by atoms with Gasteiger partial charge in [0, 0.05) is 20.8 Å². The number of hydrogen-bond donors (Lipinski definition) is 1. The molecule has 0 saturated carbocycles. The maximum atomic E-state index is 13.0. The number of nitrogens with one attached hydrogen (secondary N) is 1. The fourth-order valence-electron chi connectivity index (χ4n) is 1.85. The van der Waals surface area contributed by atoms with Crippen molar-refractivity contribution in [2.45, 2.75) is 6.92 Å². The SMILES string of the molecule is Cc1c(C(=O)Nc2ccc(F)cc2I)cccc1[N+](=O)[O-]. The van der Waals surface area contributed by atoms with Gasteiger partial charge in [0.2, 0.25) is 0 Å². The van der Waals surface area contributed by atoms with E-state index in [1.165, 1.54) is 43.3 Å². The van der Waals surface area contributed by atoms with Crippen LogP contribution >= 0.6 is 22.6 Å². The van der Waals surface area contributed by atoms with Gasteiger partial charge in [-0.2, -0.15) is 0 Å². The van der Waals surface area contributed by atoms with Gasteiger partial charge in [0.1, 0.15) is 5.82 Å². The topological polar surface area (TPSA) is 72.2 Å². The number of rotatable bonds is 3. The normalized spacial score (nSPS) is 10.2. The predicted octanol–water partition coefficient (Wildman–Crippen LogP) is 3.90. The van der Waals surface area contributed by atoms with E-state index in [0.29, 0.717) is 9.26 Å². The summed E-state index contributed by atoms with van der Waals surface area (Å²) in [5.41, 5.74) is 0.839. The van der Waals surface area contributed by atoms with Crippen LogP contribution in [-0.4, -0.2) is 10.8 Å². The van der Waals surface area contributed by atoms with Gasteiger partial charge in [-0.3, -0.25) is 14.9 Å². The number of nitro benzene ring substituents is 1. The van der Waals surface area contributed by atoms with Crippen molar-refractivity contribution in [1.29, 1.82) is 0 Å². The summed E-state index contributed by atoms with van der Waals surface area (Å²) in [6.45, 7) is 1.52. The van der Waals surface area contributed by atoms with Gasteiger partial charge in [-0.1, -0.05) is 6.07 Å². The molecule has 0 spiro atoms. The van der Waals surface area contributed by atoms with E-state index < -0.39 is 16.6 Å². The molecule has 0 saturated heterocycles. The largest absolute Gasteiger partial charge is 0.321 e. The van der Waals surface area contributed by atoms with Crippen LogP contribution in [0.25, 0.3) is 0 Å². The Morgan fingerprint density at radius 2 is 2.05 bits per heavy atom. The second-order valence-corrected chi connectivity index (χ2v) is 5.45. The van der Waals surface area contributed by atoms with Gasteiger partial charge < -0.3 is 5.32 Å². The third-order valence-corrected chi connectivity index (χ3v) is 3.82. The molecule has 0 radical (unpaired) electrons. The zero-order chi connectivity index (χ0) is 15.6. The Hall–Kier alpha value is -2.03. The Morgan fingerprint density at radius 1 is 1.33 bits per heavy atom. The number of carbonyl (C=O) groups is 1. The fraction of sp³-hybridized carbons (Fsp3) is 0.0714. The van der Waals surface area contributed by atoms with Crippen molar-refractivity contribution in [3.05, 3.63) is 67.0 Å². The molecule has 0 aliphatic rings. The lowest BCUT2D eigenvalue weighted by Gasteiger charge is -2.09. The molecular weight excluding hydrogens is 390 g/mol. The maximum absolute atomic E-state index is 13.0. The summed E-state index contributed by atoms with van der Waals surface area (Å²) in [5.74, 6) is -0.871. The molecule has 0 heterocycles. The third kappa shape index (κ3) is 3.35. The Morgan fingerprint density at radius 3 is 2.67 bits per heavy atom. The number of carbonyl (C=O) groups excluding carboxylic acids is 1. The Labute approximate surface area is 133 Å². The first-order valence-electron chi connectivity index (χ1n) is 5.90. The summed E-state index contributed by atoms with van der Waals surface area (Å²) in [5, 5.41) is 13.5. The lowest BCUT2D eigenvalue weighted by Crippen LogP contribution is -2.15. The zero-order valence-electron chi connectivity index (χ0n) is 10.9. The summed E-state index contributed by atoms with van der Waals surface area (Å²) in [6.07, 6.45) is 0. The molecule has 2 rings (SSSR count). The molecule has 5 nitrogen and oxygen atoms in total. The van der Waals surface area contributed by atoms with Crippen LogP contribution in [0.3, 0.4) is 0 Å². The second kappa shape index (κ2) is 6.17. The van der Waals surface area contributed by atoms with Crippen LogP contribution in [0.2, 0.25) is 0 Å². The van der Waals surface area contributed by atoms with Crippen LogP contribution in [0, 0.1) is 26.4 Å². The highest BCUT2D eigenvalue weighted by molar-refractivity contribution is 14.1. The van der Waals surface area contributed by atoms with Gasteiger partial charge in [-0.05, 0) is 53.8 Å². The summed E-state index contributed by atoms with van der Waals surface area (Å²) in [6, 6.07) is 8.27. The summed E-state index contributed by atoms with van der Waals surface area (Å²) in [4.78, 5) is 22.6. The van der Waals surface area contributed by atoms with E-state index >= 15 is 0 Å². The maximum Gasteiger partial charge on any atom is 0.273 e. The molecule has 0 atom stereocenters. The minimum atomic E-state index is -0.534. The average molecular weight is 400 g/mol. The fourth-order valence-corrected chi connectivity index (χ4v) is 2.46. The Balaban J connectivity index is 2.33. The first kappa shape index (κ1) is 15.4. The van der Waals surface area contributed by atoms with Crippen molar-refractivity contribution >= 4 is 39.9 Å². The van der Waals surface area contributed by atoms with Crippen LogP contribution < -0.4 is 5.32 Å². The van der Waals surface area contributed by atoms with Gasteiger partial charge in [-0.15, -0.1) is 0 Å². The van der Waals surface area contributed by atoms with E-state index in [4.69, 9.17) is 0 Å². The van der Waals surface area contributed by atoms with Gasteiger partial charge in [0.25, 0.3) is 11.6 Å². The van der Waals surface area contributed by atoms with E-state index in [2.05, 4.69) is 5.32 Å². The number of amides is 1. The molecule has 2 aromatic rings.